The van der Waals surface area contributed by atoms with Gasteiger partial charge in [-0.15, -0.1) is 0 Å². The zero-order valence-corrected chi connectivity index (χ0v) is 24.4. The number of anilines is 1. The molecule has 4 aromatic carbocycles. The number of carbonyl (C=O) groups excluding carboxylic acids is 1. The second-order valence-electron chi connectivity index (χ2n) is 10.4. The van der Waals surface area contributed by atoms with Gasteiger partial charge in [0.05, 0.1) is 5.69 Å². The summed E-state index contributed by atoms with van der Waals surface area (Å²) in [6, 6.07) is 35.3. The van der Waals surface area contributed by atoms with E-state index in [-0.39, 0.29) is 23.6 Å². The molecule has 1 fully saturated rings. The van der Waals surface area contributed by atoms with E-state index in [1.165, 1.54) is 22.9 Å². The third kappa shape index (κ3) is 6.59. The van der Waals surface area contributed by atoms with E-state index in [2.05, 4.69) is 6.92 Å². The molecule has 0 aromatic heterocycles. The van der Waals surface area contributed by atoms with Gasteiger partial charge in [-0.1, -0.05) is 95.7 Å². The third-order valence-electron chi connectivity index (χ3n) is 7.09. The van der Waals surface area contributed by atoms with E-state index < -0.39 is 0 Å². The molecule has 0 radical (unpaired) electrons. The molecule has 2 heterocycles. The fourth-order valence-electron chi connectivity index (χ4n) is 4.84. The largest absolute Gasteiger partial charge is 0.491 e. The number of amides is 1. The van der Waals surface area contributed by atoms with Gasteiger partial charge in [0.1, 0.15) is 41.4 Å². The Balaban J connectivity index is 1.24. The van der Waals surface area contributed by atoms with Crippen LogP contribution < -0.4 is 14.4 Å². The Morgan fingerprint density at radius 2 is 1.48 bits per heavy atom. The zero-order valence-electron chi connectivity index (χ0n) is 23.6. The Morgan fingerprint density at radius 3 is 2.14 bits per heavy atom. The molecule has 0 spiro atoms. The van der Waals surface area contributed by atoms with Crippen molar-refractivity contribution in [3.05, 3.63) is 132 Å². The summed E-state index contributed by atoms with van der Waals surface area (Å²) < 4.78 is 19.1. The number of hydrogen-bond donors (Lipinski definition) is 0. The number of nitrogens with zero attached hydrogens (tertiary/aromatic N) is 2. The lowest BCUT2D eigenvalue weighted by atomic mass is 10.2. The molecule has 42 heavy (non-hydrogen) atoms. The van der Waals surface area contributed by atoms with Gasteiger partial charge in [-0.05, 0) is 61.9 Å². The number of rotatable bonds is 8. The molecule has 7 heteroatoms. The van der Waals surface area contributed by atoms with Crippen molar-refractivity contribution in [1.29, 1.82) is 0 Å². The quantitative estimate of drug-likeness (QED) is 0.204. The predicted molar refractivity (Wildman–Crippen MR) is 169 cm³/mol. The average molecular weight is 577 g/mol. The Morgan fingerprint density at radius 1 is 0.857 bits per heavy atom. The van der Waals surface area contributed by atoms with Crippen LogP contribution in [0.2, 0.25) is 0 Å². The first-order valence-electron chi connectivity index (χ1n) is 14.0. The second-order valence-corrected chi connectivity index (χ2v) is 11.5. The lowest BCUT2D eigenvalue weighted by Gasteiger charge is -2.21. The molecule has 2 aliphatic heterocycles. The highest BCUT2D eigenvalue weighted by Crippen LogP contribution is 2.37. The van der Waals surface area contributed by atoms with Crippen molar-refractivity contribution in [3.63, 3.8) is 0 Å². The van der Waals surface area contributed by atoms with Crippen LogP contribution in [0.1, 0.15) is 23.1 Å². The molecule has 0 N–H and O–H groups in total. The monoisotopic (exact) mass is 576 g/mol. The number of para-hydroxylation sites is 1. The van der Waals surface area contributed by atoms with Crippen molar-refractivity contribution >= 4 is 34.6 Å². The molecular weight excluding hydrogens is 544 g/mol. The Labute approximate surface area is 250 Å². The van der Waals surface area contributed by atoms with Gasteiger partial charge in [0.25, 0.3) is 5.91 Å². The van der Waals surface area contributed by atoms with Crippen molar-refractivity contribution in [2.24, 2.45) is 4.99 Å². The minimum absolute atomic E-state index is 0.169. The Hall–Kier alpha value is -4.33. The lowest BCUT2D eigenvalue weighted by molar-refractivity contribution is -0.113. The lowest BCUT2D eigenvalue weighted by Crippen LogP contribution is -2.32. The number of carbonyl (C=O) groups is 1. The molecule has 6 nitrogen and oxygen atoms in total. The molecule has 4 aromatic rings. The summed E-state index contributed by atoms with van der Waals surface area (Å²) in [5, 5.41) is 0.576. The molecule has 0 aliphatic carbocycles. The highest BCUT2D eigenvalue weighted by molar-refractivity contribution is 8.14. The van der Waals surface area contributed by atoms with Gasteiger partial charge in [-0.25, -0.2) is 4.99 Å². The number of hydrogen-bond acceptors (Lipinski definition) is 6. The highest BCUT2D eigenvalue weighted by atomic mass is 32.2. The number of aryl methyl sites for hydroxylation is 2. The van der Waals surface area contributed by atoms with E-state index in [0.717, 1.165) is 22.7 Å². The van der Waals surface area contributed by atoms with E-state index in [1.54, 1.807) is 4.90 Å². The molecule has 0 saturated carbocycles. The normalized spacial score (nSPS) is 21.0. The van der Waals surface area contributed by atoms with E-state index in [4.69, 9.17) is 19.2 Å². The maximum Gasteiger partial charge on any atom is 0.283 e. The predicted octanol–water partition coefficient (Wildman–Crippen LogP) is 7.42. The van der Waals surface area contributed by atoms with Gasteiger partial charge in [0, 0.05) is 6.42 Å². The van der Waals surface area contributed by atoms with Gasteiger partial charge in [0.2, 0.25) is 0 Å². The first-order chi connectivity index (χ1) is 20.5. The smallest absolute Gasteiger partial charge is 0.283 e. The third-order valence-corrected chi connectivity index (χ3v) is 8.14. The highest BCUT2D eigenvalue weighted by Gasteiger charge is 2.41. The van der Waals surface area contributed by atoms with E-state index in [9.17, 15) is 4.79 Å². The van der Waals surface area contributed by atoms with E-state index in [1.807, 2.05) is 122 Å². The minimum Gasteiger partial charge on any atom is -0.491 e. The van der Waals surface area contributed by atoms with Gasteiger partial charge < -0.3 is 14.2 Å². The first-order valence-corrected chi connectivity index (χ1v) is 14.9. The number of benzene rings is 4. The number of ether oxygens (including phenoxy) is 3. The van der Waals surface area contributed by atoms with Crippen LogP contribution in [-0.4, -0.2) is 35.3 Å². The zero-order chi connectivity index (χ0) is 28.9. The van der Waals surface area contributed by atoms with E-state index >= 15 is 0 Å². The summed E-state index contributed by atoms with van der Waals surface area (Å²) in [5.41, 5.74) is 4.11. The molecule has 0 bridgehead atoms. The molecule has 3 atom stereocenters. The SMILES string of the molecule is Cc1ccc(OC[C@H]2O[C@@H](SC3=N/C(=C\c4ccccc4)C(=O)N3c3ccccc3)C[C@@H]2Oc2ccc(C)cc2)cc1. The Kier molecular flexibility index (Phi) is 8.40. The van der Waals surface area contributed by atoms with Crippen molar-refractivity contribution in [1.82, 2.24) is 0 Å². The van der Waals surface area contributed by atoms with Crippen molar-refractivity contribution < 1.29 is 19.0 Å². The molecule has 1 amide bonds. The van der Waals surface area contributed by atoms with Gasteiger partial charge in [0.15, 0.2) is 5.17 Å². The summed E-state index contributed by atoms with van der Waals surface area (Å²) in [6.07, 6.45) is 1.88. The number of amidine groups is 1. The van der Waals surface area contributed by atoms with Crippen LogP contribution >= 0.6 is 11.8 Å². The van der Waals surface area contributed by atoms with Crippen LogP contribution in [0.5, 0.6) is 11.5 Å². The molecule has 1 saturated heterocycles. The van der Waals surface area contributed by atoms with Crippen LogP contribution in [0.3, 0.4) is 0 Å². The van der Waals surface area contributed by atoms with Crippen LogP contribution in [0.15, 0.2) is 120 Å². The number of thioether (sulfide) groups is 1. The summed E-state index contributed by atoms with van der Waals surface area (Å²) >= 11 is 1.44. The maximum atomic E-state index is 13.6. The Bertz CT molecular complexity index is 1570. The second kappa shape index (κ2) is 12.7. The fraction of sp³-hybridized carbons (Fsp3) is 0.200. The molecule has 6 rings (SSSR count). The average Bonchev–Trinajstić information content (AvgIpc) is 3.53. The number of aliphatic imine (C=N–C) groups is 1. The van der Waals surface area contributed by atoms with Crippen LogP contribution in [0.25, 0.3) is 6.08 Å². The van der Waals surface area contributed by atoms with Gasteiger partial charge in [-0.3, -0.25) is 9.69 Å². The maximum absolute atomic E-state index is 13.6. The van der Waals surface area contributed by atoms with Crippen molar-refractivity contribution in [2.75, 3.05) is 11.5 Å². The van der Waals surface area contributed by atoms with Crippen LogP contribution in [0.4, 0.5) is 5.69 Å². The molecule has 2 aliphatic rings. The fourth-order valence-corrected chi connectivity index (χ4v) is 6.00. The van der Waals surface area contributed by atoms with Crippen LogP contribution in [-0.2, 0) is 9.53 Å². The summed E-state index contributed by atoms with van der Waals surface area (Å²) in [4.78, 5) is 20.1. The van der Waals surface area contributed by atoms with Gasteiger partial charge >= 0.3 is 0 Å². The topological polar surface area (TPSA) is 60.4 Å². The van der Waals surface area contributed by atoms with E-state index in [0.29, 0.717) is 23.9 Å². The molecular formula is C35H32N2O4S. The summed E-state index contributed by atoms with van der Waals surface area (Å²) in [5.74, 6) is 1.40. The van der Waals surface area contributed by atoms with Crippen molar-refractivity contribution in [3.8, 4) is 11.5 Å². The summed E-state index contributed by atoms with van der Waals surface area (Å²) in [6.45, 7) is 4.44. The van der Waals surface area contributed by atoms with Gasteiger partial charge in [-0.2, -0.15) is 0 Å². The minimum atomic E-state index is -0.313. The molecule has 212 valence electrons. The standard InChI is InChI=1S/C35H32N2O4S/c1-24-13-17-28(18-14-24)39-23-32-31(40-29-19-15-25(2)16-20-29)22-33(41-32)42-35-36-30(21-26-9-5-3-6-10-26)34(38)37(35)27-11-7-4-8-12-27/h3-21,31-33H,22-23H2,1-2H3/b30-21-/t31-,32+,33-/m0/s1. The van der Waals surface area contributed by atoms with Crippen molar-refractivity contribution in [2.45, 2.75) is 37.9 Å². The first kappa shape index (κ1) is 27.8. The van der Waals surface area contributed by atoms with Crippen LogP contribution in [0, 0.1) is 13.8 Å². The molecule has 0 unspecified atom stereocenters. The summed E-state index contributed by atoms with van der Waals surface area (Å²) in [7, 11) is 0.